The number of aromatic nitrogens is 4. The fourth-order valence-corrected chi connectivity index (χ4v) is 6.11. The van der Waals surface area contributed by atoms with Crippen molar-refractivity contribution in [2.24, 2.45) is 5.73 Å². The molecule has 1 saturated heterocycles. The molecule has 0 bridgehead atoms. The molecule has 1 atom stereocenters. The van der Waals surface area contributed by atoms with Crippen molar-refractivity contribution in [2.75, 3.05) is 24.5 Å². The van der Waals surface area contributed by atoms with Gasteiger partial charge in [0.15, 0.2) is 5.65 Å². The molecule has 18 heteroatoms. The second-order valence-electron chi connectivity index (χ2n) is 10.2. The number of fused-ring (bicyclic) bond motifs is 1. The lowest BCUT2D eigenvalue weighted by atomic mass is 10.0. The number of rotatable bonds is 8. The molecule has 0 amide bonds. The number of benzene rings is 2. The van der Waals surface area contributed by atoms with Gasteiger partial charge in [-0.25, -0.2) is 37.1 Å². The summed E-state index contributed by atoms with van der Waals surface area (Å²) in [6.07, 6.45) is -2.18. The maximum atomic E-state index is 13.1. The zero-order chi connectivity index (χ0) is 34.6. The Kier molecular flexibility index (Phi) is 10.6. The van der Waals surface area contributed by atoms with Crippen LogP contribution in [0.2, 0.25) is 0 Å². The van der Waals surface area contributed by atoms with Gasteiger partial charge in [-0.1, -0.05) is 31.2 Å². The molecule has 3 N–H and O–H groups in total. The van der Waals surface area contributed by atoms with Gasteiger partial charge in [-0.15, -0.1) is 13.2 Å². The summed E-state index contributed by atoms with van der Waals surface area (Å²) in [5.41, 5.74) is 7.05. The lowest BCUT2D eigenvalue weighted by molar-refractivity contribution is -0.274. The minimum atomic E-state index is -4.93. The largest absolute Gasteiger partial charge is 0.573 e. The van der Waals surface area contributed by atoms with Gasteiger partial charge < -0.3 is 20.5 Å². The molecule has 1 fully saturated rings. The predicted octanol–water partition coefficient (Wildman–Crippen LogP) is 4.24. The number of hydrogen-bond acceptors (Lipinski definition) is 10. The number of aryl methyl sites for hydroxylation is 1. The number of carboxylic acid groups (broad SMARTS) is 1. The third-order valence-electron chi connectivity index (χ3n) is 7.07. The highest BCUT2D eigenvalue weighted by molar-refractivity contribution is 7.89. The monoisotopic (exact) mass is 683 g/mol. The van der Waals surface area contributed by atoms with Crippen molar-refractivity contribution < 1.29 is 45.0 Å². The van der Waals surface area contributed by atoms with Crippen LogP contribution < -0.4 is 15.4 Å². The Bertz CT molecular complexity index is 1810. The van der Waals surface area contributed by atoms with Crippen LogP contribution in [-0.4, -0.2) is 75.8 Å². The summed E-state index contributed by atoms with van der Waals surface area (Å²) in [4.78, 5) is 30.0. The number of piperazine rings is 1. The Labute approximate surface area is 266 Å². The van der Waals surface area contributed by atoms with Gasteiger partial charge in [0.25, 0.3) is 5.92 Å². The Hall–Kier alpha value is -4.55. The quantitative estimate of drug-likeness (QED) is 0.255. The van der Waals surface area contributed by atoms with Crippen LogP contribution in [0, 0.1) is 6.92 Å². The molecule has 1 aliphatic rings. The van der Waals surface area contributed by atoms with E-state index in [1.165, 1.54) is 31.5 Å². The fraction of sp³-hybridized carbons (Fsp3) is 0.345. The minimum Gasteiger partial charge on any atom is -0.480 e. The van der Waals surface area contributed by atoms with Crippen molar-refractivity contribution in [1.29, 1.82) is 0 Å². The van der Waals surface area contributed by atoms with Gasteiger partial charge in [-0.3, -0.25) is 4.79 Å². The van der Waals surface area contributed by atoms with Crippen LogP contribution in [0.5, 0.6) is 5.75 Å². The molecule has 0 aliphatic carbocycles. The van der Waals surface area contributed by atoms with E-state index in [2.05, 4.69) is 24.7 Å². The highest BCUT2D eigenvalue weighted by Gasteiger charge is 2.41. The summed E-state index contributed by atoms with van der Waals surface area (Å²) in [6.45, 7) is 3.20. The first-order chi connectivity index (χ1) is 22.0. The van der Waals surface area contributed by atoms with Crippen molar-refractivity contribution in [1.82, 2.24) is 24.2 Å². The summed E-state index contributed by atoms with van der Waals surface area (Å²) in [5.74, 6) is -3.91. The number of carbonyl (C=O) groups is 1. The third kappa shape index (κ3) is 8.63. The molecule has 2 aromatic carbocycles. The summed E-state index contributed by atoms with van der Waals surface area (Å²) < 4.78 is 94.0. The number of anilines is 1. The van der Waals surface area contributed by atoms with Crippen molar-refractivity contribution >= 4 is 33.0 Å². The smallest absolute Gasteiger partial charge is 0.480 e. The van der Waals surface area contributed by atoms with Crippen molar-refractivity contribution in [2.45, 2.75) is 50.0 Å². The van der Waals surface area contributed by atoms with Gasteiger partial charge in [0.05, 0.1) is 17.3 Å². The normalized spacial score (nSPS) is 16.0. The molecule has 0 saturated carbocycles. The predicted molar refractivity (Wildman–Crippen MR) is 159 cm³/mol. The second-order valence-corrected chi connectivity index (χ2v) is 12.1. The SMILES string of the molecule is CCC(F)(F)c1ccc(CN)cc1.Cc1ncc2ncc(N3CCN(S(=O)(=O)c4ccc(OC(F)(F)F)cc4)[C@@H](C(=O)O)C3)nc2n1. The number of nitrogens with two attached hydrogens (primary N) is 1. The van der Waals surface area contributed by atoms with Crippen LogP contribution in [0.25, 0.3) is 11.2 Å². The summed E-state index contributed by atoms with van der Waals surface area (Å²) >= 11 is 0. The van der Waals surface area contributed by atoms with E-state index in [1.807, 2.05) is 0 Å². The molecule has 0 unspecified atom stereocenters. The molecule has 1 aliphatic heterocycles. The fourth-order valence-electron chi connectivity index (χ4n) is 4.54. The number of ether oxygens (including phenoxy) is 1. The summed E-state index contributed by atoms with van der Waals surface area (Å²) in [7, 11) is -4.33. The molecule has 0 radical (unpaired) electrons. The first-order valence-electron chi connectivity index (χ1n) is 14.0. The van der Waals surface area contributed by atoms with Gasteiger partial charge in [-0.2, -0.15) is 4.31 Å². The zero-order valence-corrected chi connectivity index (χ0v) is 25.8. The Morgan fingerprint density at radius 2 is 1.66 bits per heavy atom. The molecule has 12 nitrogen and oxygen atoms in total. The first kappa shape index (κ1) is 35.3. The molecular weight excluding hydrogens is 653 g/mol. The standard InChI is InChI=1S/C19H17F3N6O5S.C10H13F2N/c1-11-23-8-14-17(25-11)26-16(9-24-14)27-6-7-28(15(10-27)18(29)30)34(31,32)13-4-2-12(3-5-13)33-19(20,21)22;1-2-10(11,12)9-5-3-8(7-13)4-6-9/h2-5,8-9,15H,6-7,10H2,1H3,(H,29,30);3-6H,2,7,13H2,1H3/t15-;/m1./s1. The van der Waals surface area contributed by atoms with Crippen molar-refractivity contribution in [3.63, 3.8) is 0 Å². The van der Waals surface area contributed by atoms with Gasteiger partial charge in [0.2, 0.25) is 10.0 Å². The Balaban J connectivity index is 0.000000323. The third-order valence-corrected chi connectivity index (χ3v) is 8.99. The number of hydrogen-bond donors (Lipinski definition) is 2. The summed E-state index contributed by atoms with van der Waals surface area (Å²) in [6, 6.07) is 8.23. The molecule has 3 heterocycles. The van der Waals surface area contributed by atoms with Crippen molar-refractivity contribution in [3.8, 4) is 5.75 Å². The lowest BCUT2D eigenvalue weighted by Crippen LogP contribution is -2.58. The Morgan fingerprint density at radius 1 is 1.00 bits per heavy atom. The second kappa shape index (κ2) is 14.1. The number of halogens is 5. The van der Waals surface area contributed by atoms with E-state index in [1.54, 1.807) is 24.0 Å². The first-order valence-corrected chi connectivity index (χ1v) is 15.5. The van der Waals surface area contributed by atoms with Crippen molar-refractivity contribution in [3.05, 3.63) is 77.9 Å². The number of nitrogens with zero attached hydrogens (tertiary/aromatic N) is 6. The average Bonchev–Trinajstić information content (AvgIpc) is 3.04. The minimum absolute atomic E-state index is 0.0622. The molecule has 252 valence electrons. The van der Waals surface area contributed by atoms with Crippen LogP contribution in [0.3, 0.4) is 0 Å². The van der Waals surface area contributed by atoms with E-state index in [4.69, 9.17) is 5.73 Å². The molecule has 47 heavy (non-hydrogen) atoms. The average molecular weight is 684 g/mol. The van der Waals surface area contributed by atoms with E-state index >= 15 is 0 Å². The number of carboxylic acids is 1. The van der Waals surface area contributed by atoms with E-state index in [-0.39, 0.29) is 36.5 Å². The summed E-state index contributed by atoms with van der Waals surface area (Å²) in [5, 5.41) is 9.73. The molecule has 4 aromatic rings. The highest BCUT2D eigenvalue weighted by Crippen LogP contribution is 2.31. The Morgan fingerprint density at radius 3 is 2.23 bits per heavy atom. The van der Waals surface area contributed by atoms with Crippen LogP contribution >= 0.6 is 0 Å². The van der Waals surface area contributed by atoms with E-state index < -0.39 is 40.1 Å². The van der Waals surface area contributed by atoms with Gasteiger partial charge in [0.1, 0.15) is 29.0 Å². The topological polar surface area (TPSA) is 165 Å². The van der Waals surface area contributed by atoms with Crippen LogP contribution in [0.1, 0.15) is 30.3 Å². The van der Waals surface area contributed by atoms with Gasteiger partial charge in [0, 0.05) is 38.2 Å². The number of sulfonamides is 1. The molecule has 0 spiro atoms. The van der Waals surface area contributed by atoms with Gasteiger partial charge >= 0.3 is 12.3 Å². The highest BCUT2D eigenvalue weighted by atomic mass is 32.2. The van der Waals surface area contributed by atoms with Crippen LogP contribution in [0.4, 0.5) is 27.8 Å². The molecule has 5 rings (SSSR count). The van der Waals surface area contributed by atoms with E-state index in [0.717, 1.165) is 34.1 Å². The number of alkyl halides is 5. The maximum absolute atomic E-state index is 13.1. The molecule has 2 aromatic heterocycles. The van der Waals surface area contributed by atoms with Gasteiger partial charge in [-0.05, 0) is 36.8 Å². The van der Waals surface area contributed by atoms with Crippen LogP contribution in [-0.2, 0) is 27.3 Å². The maximum Gasteiger partial charge on any atom is 0.573 e. The van der Waals surface area contributed by atoms with E-state index in [0.29, 0.717) is 29.4 Å². The molecular formula is C29H30F5N7O5S. The van der Waals surface area contributed by atoms with Crippen LogP contribution in [0.15, 0.2) is 65.8 Å². The number of aliphatic carboxylic acids is 1. The van der Waals surface area contributed by atoms with E-state index in [9.17, 15) is 40.3 Å². The zero-order valence-electron chi connectivity index (χ0n) is 25.0. The lowest BCUT2D eigenvalue weighted by Gasteiger charge is -2.38.